The van der Waals surface area contributed by atoms with Crippen molar-refractivity contribution in [1.82, 2.24) is 10.2 Å². The molecular formula is C14H14N4OS3. The van der Waals surface area contributed by atoms with Gasteiger partial charge < -0.3 is 5.32 Å². The lowest BCUT2D eigenvalue weighted by Gasteiger charge is -2.13. The first-order chi connectivity index (χ1) is 10.7. The molecule has 2 aromatic rings. The molecule has 0 aliphatic rings. The van der Waals surface area contributed by atoms with Crippen molar-refractivity contribution in [1.29, 1.82) is 5.26 Å². The molecule has 0 bridgehead atoms. The second-order valence-corrected chi connectivity index (χ2v) is 7.86. The third kappa shape index (κ3) is 5.33. The lowest BCUT2D eigenvalue weighted by Crippen LogP contribution is -2.14. The minimum absolute atomic E-state index is 0.0822. The minimum Gasteiger partial charge on any atom is -0.324 e. The summed E-state index contributed by atoms with van der Waals surface area (Å²) >= 11 is 4.37. The maximum atomic E-state index is 12.0. The number of rotatable bonds is 7. The summed E-state index contributed by atoms with van der Waals surface area (Å²) in [6.07, 6.45) is 0.472. The normalized spacial score (nSPS) is 11.6. The molecule has 0 spiro atoms. The molecule has 8 heteroatoms. The SMILES string of the molecule is C[C@@H](CC#N)Sc1ccccc1NC(=O)CSc1nncs1. The van der Waals surface area contributed by atoms with E-state index in [1.165, 1.54) is 23.1 Å². The van der Waals surface area contributed by atoms with Crippen molar-refractivity contribution in [2.75, 3.05) is 11.1 Å². The van der Waals surface area contributed by atoms with Crippen LogP contribution in [-0.2, 0) is 4.79 Å². The van der Waals surface area contributed by atoms with E-state index in [0.717, 1.165) is 14.9 Å². The number of amides is 1. The Morgan fingerprint density at radius 1 is 1.50 bits per heavy atom. The number of nitrogens with one attached hydrogen (secondary N) is 1. The van der Waals surface area contributed by atoms with Gasteiger partial charge >= 0.3 is 0 Å². The van der Waals surface area contributed by atoms with E-state index < -0.39 is 0 Å². The number of carbonyl (C=O) groups is 1. The average molecular weight is 350 g/mol. The van der Waals surface area contributed by atoms with Crippen LogP contribution in [0.25, 0.3) is 0 Å². The van der Waals surface area contributed by atoms with Gasteiger partial charge in [-0.1, -0.05) is 42.2 Å². The van der Waals surface area contributed by atoms with Crippen molar-refractivity contribution in [3.05, 3.63) is 29.8 Å². The Bertz CT molecular complexity index is 654. The second kappa shape index (κ2) is 8.78. The molecule has 1 atom stereocenters. The fourth-order valence-electron chi connectivity index (χ4n) is 1.60. The molecule has 0 saturated carbocycles. The summed E-state index contributed by atoms with van der Waals surface area (Å²) in [4.78, 5) is 13.0. The summed E-state index contributed by atoms with van der Waals surface area (Å²) in [5, 5.41) is 19.5. The number of aromatic nitrogens is 2. The quantitative estimate of drug-likeness (QED) is 0.768. The highest BCUT2D eigenvalue weighted by Crippen LogP contribution is 2.31. The molecule has 1 N–H and O–H groups in total. The predicted molar refractivity (Wildman–Crippen MR) is 91.3 cm³/mol. The Morgan fingerprint density at radius 3 is 3.05 bits per heavy atom. The van der Waals surface area contributed by atoms with Crippen LogP contribution in [0.2, 0.25) is 0 Å². The summed E-state index contributed by atoms with van der Waals surface area (Å²) in [6.45, 7) is 2.00. The van der Waals surface area contributed by atoms with Crippen molar-refractivity contribution < 1.29 is 4.79 Å². The topological polar surface area (TPSA) is 78.7 Å². The molecule has 1 aromatic carbocycles. The number of nitrogens with zero attached hydrogens (tertiary/aromatic N) is 3. The lowest BCUT2D eigenvalue weighted by atomic mass is 10.3. The van der Waals surface area contributed by atoms with Gasteiger partial charge in [-0.2, -0.15) is 5.26 Å². The average Bonchev–Trinajstić information content (AvgIpc) is 3.01. The van der Waals surface area contributed by atoms with Gasteiger partial charge in [0.2, 0.25) is 5.91 Å². The van der Waals surface area contributed by atoms with Crippen molar-refractivity contribution >= 4 is 46.5 Å². The van der Waals surface area contributed by atoms with Crippen molar-refractivity contribution in [3.63, 3.8) is 0 Å². The summed E-state index contributed by atoms with van der Waals surface area (Å²) < 4.78 is 0.778. The smallest absolute Gasteiger partial charge is 0.234 e. The fraction of sp³-hybridized carbons (Fsp3) is 0.286. The molecule has 2 rings (SSSR count). The van der Waals surface area contributed by atoms with E-state index >= 15 is 0 Å². The van der Waals surface area contributed by atoms with Gasteiger partial charge in [-0.15, -0.1) is 22.0 Å². The summed E-state index contributed by atoms with van der Waals surface area (Å²) in [5.74, 6) is 0.211. The highest BCUT2D eigenvalue weighted by Gasteiger charge is 2.11. The Balaban J connectivity index is 1.94. The lowest BCUT2D eigenvalue weighted by molar-refractivity contribution is -0.113. The van der Waals surface area contributed by atoms with Gasteiger partial charge in [0.25, 0.3) is 0 Å². The van der Waals surface area contributed by atoms with E-state index in [1.807, 2.05) is 31.2 Å². The number of benzene rings is 1. The van der Waals surface area contributed by atoms with Crippen LogP contribution < -0.4 is 5.32 Å². The number of para-hydroxylation sites is 1. The van der Waals surface area contributed by atoms with Gasteiger partial charge in [0, 0.05) is 16.6 Å². The third-order valence-corrected chi connectivity index (χ3v) is 5.57. The molecule has 1 heterocycles. The highest BCUT2D eigenvalue weighted by atomic mass is 32.2. The minimum atomic E-state index is -0.0822. The first kappa shape index (κ1) is 16.8. The van der Waals surface area contributed by atoms with Gasteiger partial charge in [-0.25, -0.2) is 0 Å². The Labute approximate surface area is 141 Å². The molecule has 0 aliphatic carbocycles. The van der Waals surface area contributed by atoms with Crippen molar-refractivity contribution in [2.24, 2.45) is 0 Å². The van der Waals surface area contributed by atoms with Gasteiger partial charge in [0.05, 0.1) is 17.5 Å². The molecule has 5 nitrogen and oxygen atoms in total. The zero-order valence-corrected chi connectivity index (χ0v) is 14.3. The summed E-state index contributed by atoms with van der Waals surface area (Å²) in [6, 6.07) is 9.79. The summed E-state index contributed by atoms with van der Waals surface area (Å²) in [7, 11) is 0. The first-order valence-corrected chi connectivity index (χ1v) is 9.25. The van der Waals surface area contributed by atoms with E-state index in [9.17, 15) is 4.79 Å². The first-order valence-electron chi connectivity index (χ1n) is 6.50. The maximum Gasteiger partial charge on any atom is 0.234 e. The number of hydrogen-bond donors (Lipinski definition) is 1. The number of hydrogen-bond acceptors (Lipinski definition) is 7. The number of anilines is 1. The van der Waals surface area contributed by atoms with Crippen LogP contribution >= 0.6 is 34.9 Å². The van der Waals surface area contributed by atoms with Gasteiger partial charge in [0.15, 0.2) is 4.34 Å². The zero-order valence-electron chi connectivity index (χ0n) is 11.9. The molecule has 22 heavy (non-hydrogen) atoms. The van der Waals surface area contributed by atoms with Crippen LogP contribution in [-0.4, -0.2) is 27.1 Å². The van der Waals surface area contributed by atoms with E-state index in [0.29, 0.717) is 12.2 Å². The Hall–Kier alpha value is -1.56. The van der Waals surface area contributed by atoms with Crippen LogP contribution in [0.15, 0.2) is 39.0 Å². The van der Waals surface area contributed by atoms with Crippen LogP contribution in [0.5, 0.6) is 0 Å². The molecule has 114 valence electrons. The molecule has 0 saturated heterocycles. The fourth-order valence-corrected chi connectivity index (χ4v) is 3.88. The van der Waals surface area contributed by atoms with Crippen LogP contribution in [0, 0.1) is 11.3 Å². The van der Waals surface area contributed by atoms with Crippen molar-refractivity contribution in [3.8, 4) is 6.07 Å². The van der Waals surface area contributed by atoms with E-state index in [-0.39, 0.29) is 11.2 Å². The molecule has 0 aliphatic heterocycles. The predicted octanol–water partition coefficient (Wildman–Crippen LogP) is 3.66. The monoisotopic (exact) mass is 350 g/mol. The molecule has 0 unspecified atom stereocenters. The van der Waals surface area contributed by atoms with E-state index in [4.69, 9.17) is 5.26 Å². The van der Waals surface area contributed by atoms with E-state index in [1.54, 1.807) is 17.3 Å². The number of thioether (sulfide) groups is 2. The number of nitriles is 1. The molecule has 1 aromatic heterocycles. The largest absolute Gasteiger partial charge is 0.324 e. The molecule has 0 radical (unpaired) electrons. The van der Waals surface area contributed by atoms with Gasteiger partial charge in [0.1, 0.15) is 5.51 Å². The summed E-state index contributed by atoms with van der Waals surface area (Å²) in [5.41, 5.74) is 2.42. The van der Waals surface area contributed by atoms with Crippen LogP contribution in [0.3, 0.4) is 0 Å². The van der Waals surface area contributed by atoms with Crippen LogP contribution in [0.1, 0.15) is 13.3 Å². The highest BCUT2D eigenvalue weighted by molar-refractivity contribution is 8.01. The standard InChI is InChI=1S/C14H14N4OS3/c1-10(6-7-15)22-12-5-3-2-4-11(12)17-13(19)8-20-14-18-16-9-21-14/h2-5,9-10H,6,8H2,1H3,(H,17,19)/t10-/m0/s1. The molecule has 0 fully saturated rings. The van der Waals surface area contributed by atoms with Crippen molar-refractivity contribution in [2.45, 2.75) is 27.8 Å². The Kier molecular flexibility index (Phi) is 6.71. The van der Waals surface area contributed by atoms with Crippen LogP contribution in [0.4, 0.5) is 5.69 Å². The zero-order chi connectivity index (χ0) is 15.8. The Morgan fingerprint density at radius 2 is 2.32 bits per heavy atom. The molecule has 1 amide bonds. The van der Waals surface area contributed by atoms with Gasteiger partial charge in [-0.05, 0) is 12.1 Å². The maximum absolute atomic E-state index is 12.0. The molecular weight excluding hydrogens is 336 g/mol. The van der Waals surface area contributed by atoms with Gasteiger partial charge in [-0.3, -0.25) is 4.79 Å². The van der Waals surface area contributed by atoms with E-state index in [2.05, 4.69) is 21.6 Å². The number of carbonyl (C=O) groups excluding carboxylic acids is 1. The third-order valence-electron chi connectivity index (χ3n) is 2.53. The second-order valence-electron chi connectivity index (χ2n) is 4.33.